The van der Waals surface area contributed by atoms with Crippen molar-refractivity contribution in [1.29, 1.82) is 0 Å². The Morgan fingerprint density at radius 1 is 1.27 bits per heavy atom. The number of carboxylic acid groups (broad SMARTS) is 1. The summed E-state index contributed by atoms with van der Waals surface area (Å²) in [6, 6.07) is 6.05. The van der Waals surface area contributed by atoms with Gasteiger partial charge in [-0.2, -0.15) is 0 Å². The molecule has 2 heterocycles. The summed E-state index contributed by atoms with van der Waals surface area (Å²) in [4.78, 5) is 40.0. The van der Waals surface area contributed by atoms with E-state index >= 15 is 0 Å². The second-order valence-electron chi connectivity index (χ2n) is 6.11. The number of thioether (sulfide) groups is 1. The zero-order valence-electron chi connectivity index (χ0n) is 14.4. The van der Waals surface area contributed by atoms with Crippen LogP contribution in [0.3, 0.4) is 0 Å². The Bertz CT molecular complexity index is 849. The van der Waals surface area contributed by atoms with Gasteiger partial charge >= 0.3 is 0 Å². The third-order valence-electron chi connectivity index (χ3n) is 4.49. The lowest BCUT2D eigenvalue weighted by molar-refractivity contribution is -0.310. The maximum atomic E-state index is 13.0. The first-order valence-corrected chi connectivity index (χ1v) is 9.48. The molecular weight excluding hydrogens is 372 g/mol. The Balaban J connectivity index is 2.05. The number of thiocarbonyl (C=S) groups is 1. The molecule has 1 saturated heterocycles. The largest absolute Gasteiger partial charge is 0.548 e. The molecule has 0 saturated carbocycles. The Morgan fingerprint density at radius 3 is 2.62 bits per heavy atom. The summed E-state index contributed by atoms with van der Waals surface area (Å²) < 4.78 is 0.141. The molecule has 2 aliphatic rings. The van der Waals surface area contributed by atoms with Gasteiger partial charge in [-0.3, -0.25) is 14.5 Å². The first-order valence-electron chi connectivity index (χ1n) is 8.26. The van der Waals surface area contributed by atoms with Crippen molar-refractivity contribution in [3.8, 4) is 0 Å². The third-order valence-corrected chi connectivity index (χ3v) is 5.90. The Morgan fingerprint density at radius 2 is 1.96 bits per heavy atom. The van der Waals surface area contributed by atoms with Crippen LogP contribution in [0.2, 0.25) is 0 Å². The Kier molecular flexibility index (Phi) is 5.15. The quantitative estimate of drug-likeness (QED) is 0.561. The van der Waals surface area contributed by atoms with Crippen LogP contribution in [-0.4, -0.2) is 40.1 Å². The first kappa shape index (κ1) is 18.6. The number of para-hydroxylation sites is 1. The highest BCUT2D eigenvalue weighted by Crippen LogP contribution is 2.44. The second kappa shape index (κ2) is 7.20. The summed E-state index contributed by atoms with van der Waals surface area (Å²) in [6.07, 6.45) is 1.68. The van der Waals surface area contributed by atoms with Crippen molar-refractivity contribution >= 4 is 57.3 Å². The smallest absolute Gasteiger partial charge is 0.267 e. The first-order chi connectivity index (χ1) is 12.4. The molecule has 0 N–H and O–H groups in total. The van der Waals surface area contributed by atoms with Gasteiger partial charge in [0.25, 0.3) is 11.8 Å². The van der Waals surface area contributed by atoms with Gasteiger partial charge in [-0.25, -0.2) is 0 Å². The summed E-state index contributed by atoms with van der Waals surface area (Å²) in [6.45, 7) is 1.93. The van der Waals surface area contributed by atoms with Crippen molar-refractivity contribution in [3.05, 3.63) is 34.7 Å². The van der Waals surface area contributed by atoms with Crippen molar-refractivity contribution in [2.75, 3.05) is 11.9 Å². The zero-order chi connectivity index (χ0) is 19.0. The van der Waals surface area contributed by atoms with Gasteiger partial charge in [0.1, 0.15) is 4.32 Å². The van der Waals surface area contributed by atoms with Crippen LogP contribution in [0.5, 0.6) is 0 Å². The topological polar surface area (TPSA) is 80.7 Å². The lowest BCUT2D eigenvalue weighted by atomic mass is 10.1. The molecule has 0 aliphatic carbocycles. The number of carbonyl (C=O) groups excluding carboxylic acids is 3. The van der Waals surface area contributed by atoms with Gasteiger partial charge in [0.15, 0.2) is 0 Å². The average Bonchev–Trinajstić information content (AvgIpc) is 3.03. The van der Waals surface area contributed by atoms with E-state index in [9.17, 15) is 19.5 Å². The van der Waals surface area contributed by atoms with Gasteiger partial charge < -0.3 is 14.8 Å². The fourth-order valence-corrected chi connectivity index (χ4v) is 4.57. The van der Waals surface area contributed by atoms with E-state index in [-0.39, 0.29) is 27.1 Å². The molecule has 1 aromatic carbocycles. The normalized spacial score (nSPS) is 20.8. The summed E-state index contributed by atoms with van der Waals surface area (Å²) in [5.74, 6) is -2.18. The second-order valence-corrected chi connectivity index (χ2v) is 7.75. The van der Waals surface area contributed by atoms with Gasteiger partial charge in [-0.15, -0.1) is 0 Å². The number of amides is 2. The third kappa shape index (κ3) is 2.93. The number of likely N-dealkylation sites (N-methyl/N-ethyl adjacent to an activating group) is 1. The predicted molar refractivity (Wildman–Crippen MR) is 102 cm³/mol. The monoisotopic (exact) mass is 389 g/mol. The Hall–Kier alpha value is -2.19. The van der Waals surface area contributed by atoms with Gasteiger partial charge in [0.2, 0.25) is 0 Å². The van der Waals surface area contributed by atoms with Crippen LogP contribution in [0.4, 0.5) is 5.69 Å². The number of nitrogens with zero attached hydrogens (tertiary/aromatic N) is 2. The molecular formula is C18H17N2O4S2-. The van der Waals surface area contributed by atoms with Crippen molar-refractivity contribution in [3.63, 3.8) is 0 Å². The molecule has 0 aromatic heterocycles. The number of anilines is 1. The highest BCUT2D eigenvalue weighted by molar-refractivity contribution is 8.26. The van der Waals surface area contributed by atoms with Crippen molar-refractivity contribution in [2.24, 2.45) is 0 Å². The van der Waals surface area contributed by atoms with E-state index in [1.807, 2.05) is 13.0 Å². The number of rotatable bonds is 5. The SMILES string of the molecule is CCCC[C@@H](C(=O)[O-])N1C(=O)/C(=C2/C(=O)N(C)c3ccccc32)SC1=S. The van der Waals surface area contributed by atoms with E-state index < -0.39 is 17.9 Å². The fourth-order valence-electron chi connectivity index (χ4n) is 3.14. The number of fused-ring (bicyclic) bond motifs is 1. The maximum absolute atomic E-state index is 13.0. The number of unbranched alkanes of at least 4 members (excludes halogenated alkanes) is 1. The molecule has 2 aliphatic heterocycles. The minimum absolute atomic E-state index is 0.141. The molecule has 6 nitrogen and oxygen atoms in total. The van der Waals surface area contributed by atoms with E-state index in [0.717, 1.165) is 23.1 Å². The number of aliphatic carboxylic acids is 1. The summed E-state index contributed by atoms with van der Waals surface area (Å²) in [5, 5.41) is 11.6. The molecule has 1 aromatic rings. The molecule has 1 atom stereocenters. The van der Waals surface area contributed by atoms with Gasteiger partial charge in [0.05, 0.1) is 28.2 Å². The maximum Gasteiger partial charge on any atom is 0.267 e. The minimum Gasteiger partial charge on any atom is -0.548 e. The fraction of sp³-hybridized carbons (Fsp3) is 0.333. The van der Waals surface area contributed by atoms with E-state index in [1.165, 1.54) is 4.90 Å². The van der Waals surface area contributed by atoms with E-state index in [4.69, 9.17) is 12.2 Å². The van der Waals surface area contributed by atoms with Gasteiger partial charge in [-0.05, 0) is 12.5 Å². The summed E-state index contributed by atoms with van der Waals surface area (Å²) in [5.41, 5.74) is 1.63. The van der Waals surface area contributed by atoms with Crippen LogP contribution in [0.1, 0.15) is 31.7 Å². The highest BCUT2D eigenvalue weighted by Gasteiger charge is 2.43. The van der Waals surface area contributed by atoms with Crippen LogP contribution >= 0.6 is 24.0 Å². The lowest BCUT2D eigenvalue weighted by Gasteiger charge is -2.27. The highest BCUT2D eigenvalue weighted by atomic mass is 32.2. The molecule has 0 bridgehead atoms. The molecule has 2 amide bonds. The van der Waals surface area contributed by atoms with Crippen LogP contribution in [-0.2, 0) is 14.4 Å². The van der Waals surface area contributed by atoms with Crippen molar-refractivity contribution < 1.29 is 19.5 Å². The number of hydrogen-bond acceptors (Lipinski definition) is 6. The van der Waals surface area contributed by atoms with E-state index in [2.05, 4.69) is 0 Å². The molecule has 3 rings (SSSR count). The van der Waals surface area contributed by atoms with Gasteiger partial charge in [0, 0.05) is 12.6 Å². The Labute approximate surface area is 160 Å². The molecule has 136 valence electrons. The molecule has 0 unspecified atom stereocenters. The van der Waals surface area contributed by atoms with E-state index in [0.29, 0.717) is 17.7 Å². The number of hydrogen-bond donors (Lipinski definition) is 0. The lowest BCUT2D eigenvalue weighted by Crippen LogP contribution is -2.50. The predicted octanol–water partition coefficient (Wildman–Crippen LogP) is 1.54. The minimum atomic E-state index is -1.34. The van der Waals surface area contributed by atoms with Gasteiger partial charge in [-0.1, -0.05) is 61.9 Å². The summed E-state index contributed by atoms with van der Waals surface area (Å²) >= 11 is 6.24. The standard InChI is InChI=1S/C18H18N2O4S2/c1-3-4-8-12(17(23)24)20-16(22)14(26-18(20)25)13-10-7-5-6-9-11(10)19(2)15(13)21/h5-7,9,12H,3-4,8H2,1-2H3,(H,23,24)/p-1/b14-13-/t12-/m0/s1. The van der Waals surface area contributed by atoms with Crippen LogP contribution < -0.4 is 10.0 Å². The molecule has 0 radical (unpaired) electrons. The molecule has 8 heteroatoms. The van der Waals surface area contributed by atoms with Crippen LogP contribution in [0.25, 0.3) is 5.57 Å². The van der Waals surface area contributed by atoms with Crippen LogP contribution in [0, 0.1) is 0 Å². The average molecular weight is 389 g/mol. The van der Waals surface area contributed by atoms with Crippen molar-refractivity contribution in [2.45, 2.75) is 32.2 Å². The molecule has 0 spiro atoms. The molecule has 1 fully saturated rings. The number of benzene rings is 1. The van der Waals surface area contributed by atoms with Crippen molar-refractivity contribution in [1.82, 2.24) is 4.90 Å². The zero-order valence-corrected chi connectivity index (χ0v) is 16.0. The van der Waals surface area contributed by atoms with Crippen LogP contribution in [0.15, 0.2) is 29.2 Å². The number of carbonyl (C=O) groups is 3. The summed E-state index contributed by atoms with van der Waals surface area (Å²) in [7, 11) is 1.64. The number of carboxylic acids is 1. The molecule has 26 heavy (non-hydrogen) atoms. The van der Waals surface area contributed by atoms with E-state index in [1.54, 1.807) is 25.2 Å².